The molecule has 0 bridgehead atoms. The van der Waals surface area contributed by atoms with Gasteiger partial charge in [-0.25, -0.2) is 0 Å². The third-order valence-electron chi connectivity index (χ3n) is 3.90. The van der Waals surface area contributed by atoms with Crippen molar-refractivity contribution in [3.63, 3.8) is 0 Å². The van der Waals surface area contributed by atoms with Crippen LogP contribution in [0.1, 0.15) is 46.5 Å². The van der Waals surface area contributed by atoms with Gasteiger partial charge in [0, 0.05) is 30.7 Å². The smallest absolute Gasteiger partial charge is 0.0613 e. The second-order valence-electron chi connectivity index (χ2n) is 6.00. The van der Waals surface area contributed by atoms with Gasteiger partial charge < -0.3 is 19.9 Å². The van der Waals surface area contributed by atoms with Crippen LogP contribution in [0.4, 0.5) is 0 Å². The van der Waals surface area contributed by atoms with Gasteiger partial charge in [0.15, 0.2) is 0 Å². The Kier molecular flexibility index (Phi) is 7.91. The topological polar surface area (TPSA) is 50.7 Å². The van der Waals surface area contributed by atoms with Crippen LogP contribution in [-0.4, -0.2) is 49.7 Å². The maximum Gasteiger partial charge on any atom is 0.0613 e. The van der Waals surface area contributed by atoms with Crippen molar-refractivity contribution < 1.29 is 14.6 Å². The van der Waals surface area contributed by atoms with Crippen molar-refractivity contribution >= 4 is 0 Å². The predicted molar refractivity (Wildman–Crippen MR) is 77.4 cm³/mol. The van der Waals surface area contributed by atoms with E-state index in [0.717, 1.165) is 52.1 Å². The lowest BCUT2D eigenvalue weighted by Gasteiger charge is -2.34. The Balaban J connectivity index is 2.16. The molecule has 4 heteroatoms. The largest absolute Gasteiger partial charge is 0.394 e. The molecule has 19 heavy (non-hydrogen) atoms. The third kappa shape index (κ3) is 6.21. The minimum Gasteiger partial charge on any atom is -0.394 e. The van der Waals surface area contributed by atoms with Gasteiger partial charge in [-0.05, 0) is 25.7 Å². The van der Waals surface area contributed by atoms with Gasteiger partial charge in [0.1, 0.15) is 0 Å². The maximum atomic E-state index is 9.63. The number of rotatable bonds is 10. The standard InChI is InChI=1S/C15H31NO3/c1-4-15(12-17,16-13(2)3)7-5-8-18-10-14-6-9-19-11-14/h13-14,16-17H,4-12H2,1-3H3. The fourth-order valence-electron chi connectivity index (χ4n) is 2.68. The van der Waals surface area contributed by atoms with Crippen LogP contribution in [0, 0.1) is 5.92 Å². The number of ether oxygens (including phenoxy) is 2. The van der Waals surface area contributed by atoms with E-state index in [1.54, 1.807) is 0 Å². The lowest BCUT2D eigenvalue weighted by molar-refractivity contribution is 0.0739. The Morgan fingerprint density at radius 3 is 2.79 bits per heavy atom. The number of aliphatic hydroxyl groups is 1. The van der Waals surface area contributed by atoms with E-state index in [4.69, 9.17) is 9.47 Å². The molecular weight excluding hydrogens is 242 g/mol. The van der Waals surface area contributed by atoms with Crippen LogP contribution in [0.15, 0.2) is 0 Å². The monoisotopic (exact) mass is 273 g/mol. The number of nitrogens with one attached hydrogen (secondary N) is 1. The van der Waals surface area contributed by atoms with E-state index in [2.05, 4.69) is 26.1 Å². The second kappa shape index (κ2) is 8.90. The zero-order valence-electron chi connectivity index (χ0n) is 12.8. The Morgan fingerprint density at radius 2 is 2.26 bits per heavy atom. The molecule has 0 aromatic rings. The molecule has 0 spiro atoms. The molecule has 0 aromatic carbocycles. The molecule has 0 aliphatic carbocycles. The molecule has 1 heterocycles. The summed E-state index contributed by atoms with van der Waals surface area (Å²) in [6.45, 7) is 9.89. The van der Waals surface area contributed by atoms with Crippen LogP contribution < -0.4 is 5.32 Å². The summed E-state index contributed by atoms with van der Waals surface area (Å²) in [5.41, 5.74) is -0.145. The van der Waals surface area contributed by atoms with E-state index in [1.165, 1.54) is 0 Å². The summed E-state index contributed by atoms with van der Waals surface area (Å²) in [5, 5.41) is 13.1. The Labute approximate surface area is 117 Å². The first-order valence-corrected chi connectivity index (χ1v) is 7.66. The average molecular weight is 273 g/mol. The lowest BCUT2D eigenvalue weighted by Crippen LogP contribution is -2.51. The predicted octanol–water partition coefficient (Wildman–Crippen LogP) is 1.96. The third-order valence-corrected chi connectivity index (χ3v) is 3.90. The van der Waals surface area contributed by atoms with Crippen LogP contribution in [-0.2, 0) is 9.47 Å². The van der Waals surface area contributed by atoms with Crippen molar-refractivity contribution in [3.8, 4) is 0 Å². The lowest BCUT2D eigenvalue weighted by atomic mass is 9.90. The molecule has 1 aliphatic rings. The highest BCUT2D eigenvalue weighted by Gasteiger charge is 2.27. The molecule has 0 saturated carbocycles. The maximum absolute atomic E-state index is 9.63. The number of aliphatic hydroxyl groups excluding tert-OH is 1. The van der Waals surface area contributed by atoms with Crippen molar-refractivity contribution in [2.75, 3.05) is 33.0 Å². The molecule has 1 fully saturated rings. The van der Waals surface area contributed by atoms with Crippen molar-refractivity contribution in [3.05, 3.63) is 0 Å². The summed E-state index contributed by atoms with van der Waals surface area (Å²) in [4.78, 5) is 0. The second-order valence-corrected chi connectivity index (χ2v) is 6.00. The van der Waals surface area contributed by atoms with Crippen molar-refractivity contribution in [2.45, 2.75) is 58.0 Å². The molecular formula is C15H31NO3. The van der Waals surface area contributed by atoms with Gasteiger partial charge in [0.25, 0.3) is 0 Å². The Morgan fingerprint density at radius 1 is 1.47 bits per heavy atom. The quantitative estimate of drug-likeness (QED) is 0.597. The van der Waals surface area contributed by atoms with Crippen LogP contribution in [0.3, 0.4) is 0 Å². The summed E-state index contributed by atoms with van der Waals surface area (Å²) >= 11 is 0. The highest BCUT2D eigenvalue weighted by atomic mass is 16.5. The summed E-state index contributed by atoms with van der Waals surface area (Å²) in [6.07, 6.45) is 4.02. The van der Waals surface area contributed by atoms with Crippen LogP contribution in [0.2, 0.25) is 0 Å². The summed E-state index contributed by atoms with van der Waals surface area (Å²) in [5.74, 6) is 0.586. The van der Waals surface area contributed by atoms with Crippen LogP contribution in [0.25, 0.3) is 0 Å². The van der Waals surface area contributed by atoms with Crippen LogP contribution in [0.5, 0.6) is 0 Å². The van der Waals surface area contributed by atoms with Crippen molar-refractivity contribution in [1.82, 2.24) is 5.32 Å². The van der Waals surface area contributed by atoms with Gasteiger partial charge in [0.2, 0.25) is 0 Å². The fraction of sp³-hybridized carbons (Fsp3) is 1.00. The number of hydrogen-bond donors (Lipinski definition) is 2. The normalized spacial score (nSPS) is 22.9. The average Bonchev–Trinajstić information content (AvgIpc) is 2.89. The molecule has 2 atom stereocenters. The molecule has 1 aliphatic heterocycles. The van der Waals surface area contributed by atoms with Crippen molar-refractivity contribution in [1.29, 1.82) is 0 Å². The highest BCUT2D eigenvalue weighted by Crippen LogP contribution is 2.18. The summed E-state index contributed by atoms with van der Waals surface area (Å²) in [7, 11) is 0. The first-order valence-electron chi connectivity index (χ1n) is 7.66. The van der Waals surface area contributed by atoms with Gasteiger partial charge >= 0.3 is 0 Å². The summed E-state index contributed by atoms with van der Waals surface area (Å²) in [6, 6.07) is 0.392. The van der Waals surface area contributed by atoms with E-state index in [1.807, 2.05) is 0 Å². The molecule has 0 amide bonds. The van der Waals surface area contributed by atoms with E-state index >= 15 is 0 Å². The van der Waals surface area contributed by atoms with Gasteiger partial charge in [0.05, 0.1) is 19.8 Å². The van der Waals surface area contributed by atoms with Gasteiger partial charge in [-0.15, -0.1) is 0 Å². The Hall–Kier alpha value is -0.160. The van der Waals surface area contributed by atoms with E-state index in [0.29, 0.717) is 12.0 Å². The van der Waals surface area contributed by atoms with Gasteiger partial charge in [-0.1, -0.05) is 20.8 Å². The minimum absolute atomic E-state index is 0.145. The molecule has 114 valence electrons. The molecule has 1 saturated heterocycles. The first kappa shape index (κ1) is 16.9. The fourth-order valence-corrected chi connectivity index (χ4v) is 2.68. The van der Waals surface area contributed by atoms with Gasteiger partial charge in [-0.3, -0.25) is 0 Å². The van der Waals surface area contributed by atoms with E-state index in [-0.39, 0.29) is 12.1 Å². The zero-order chi connectivity index (χ0) is 14.1. The SMILES string of the molecule is CCC(CO)(CCCOCC1CCOC1)NC(C)C. The zero-order valence-corrected chi connectivity index (χ0v) is 12.8. The minimum atomic E-state index is -0.145. The molecule has 0 aromatic heterocycles. The Bertz CT molecular complexity index is 223. The molecule has 4 nitrogen and oxygen atoms in total. The van der Waals surface area contributed by atoms with E-state index < -0.39 is 0 Å². The highest BCUT2D eigenvalue weighted by molar-refractivity contribution is 4.87. The van der Waals surface area contributed by atoms with Crippen molar-refractivity contribution in [2.24, 2.45) is 5.92 Å². The first-order chi connectivity index (χ1) is 9.12. The van der Waals surface area contributed by atoms with Gasteiger partial charge in [-0.2, -0.15) is 0 Å². The van der Waals surface area contributed by atoms with E-state index in [9.17, 15) is 5.11 Å². The molecule has 1 rings (SSSR count). The number of hydrogen-bond acceptors (Lipinski definition) is 4. The van der Waals surface area contributed by atoms with Crippen LogP contribution >= 0.6 is 0 Å². The molecule has 2 N–H and O–H groups in total. The molecule has 2 unspecified atom stereocenters. The summed E-state index contributed by atoms with van der Waals surface area (Å²) < 4.78 is 11.0. The molecule has 0 radical (unpaired) electrons.